The summed E-state index contributed by atoms with van der Waals surface area (Å²) in [6, 6.07) is 20.9. The number of benzene rings is 3. The van der Waals surface area contributed by atoms with E-state index >= 15 is 0 Å². The topological polar surface area (TPSA) is 58.2 Å². The normalized spacial score (nSPS) is 10.2. The fourth-order valence-electron chi connectivity index (χ4n) is 2.46. The highest BCUT2D eigenvalue weighted by Gasteiger charge is 2.11. The first-order valence-corrected chi connectivity index (χ1v) is 8.44. The van der Waals surface area contributed by atoms with Gasteiger partial charge in [-0.25, -0.2) is 0 Å². The first kappa shape index (κ1) is 17.7. The number of nitrogens with one attached hydrogen (secondary N) is 2. The highest BCUT2D eigenvalue weighted by molar-refractivity contribution is 6.30. The Hall–Kier alpha value is -3.11. The minimum absolute atomic E-state index is 0.267. The van der Waals surface area contributed by atoms with Gasteiger partial charge in [0.15, 0.2) is 0 Å². The standard InChI is InChI=1S/C21H17ClN2O2/c1-14-4-2-7-19(12-14)24-21(26)16-6-3-5-15(13-16)20(25)23-18-10-8-17(22)9-11-18/h2-13H,1H3,(H,23,25)(H,24,26). The number of hydrogen-bond acceptors (Lipinski definition) is 2. The average molecular weight is 365 g/mol. The molecule has 0 aliphatic carbocycles. The summed E-state index contributed by atoms with van der Waals surface area (Å²) in [5.74, 6) is -0.561. The lowest BCUT2D eigenvalue weighted by Gasteiger charge is -2.08. The molecule has 4 nitrogen and oxygen atoms in total. The summed E-state index contributed by atoms with van der Waals surface area (Å²) < 4.78 is 0. The molecule has 0 spiro atoms. The SMILES string of the molecule is Cc1cccc(NC(=O)c2cccc(C(=O)Nc3ccc(Cl)cc3)c2)c1. The maximum Gasteiger partial charge on any atom is 0.255 e. The van der Waals surface area contributed by atoms with E-state index in [0.717, 1.165) is 5.56 Å². The zero-order valence-electron chi connectivity index (χ0n) is 14.1. The van der Waals surface area contributed by atoms with Crippen molar-refractivity contribution in [3.8, 4) is 0 Å². The summed E-state index contributed by atoms with van der Waals surface area (Å²) in [4.78, 5) is 24.8. The number of anilines is 2. The minimum atomic E-state index is -0.294. The largest absolute Gasteiger partial charge is 0.322 e. The van der Waals surface area contributed by atoms with E-state index in [1.165, 1.54) is 0 Å². The molecule has 3 aromatic rings. The fraction of sp³-hybridized carbons (Fsp3) is 0.0476. The van der Waals surface area contributed by atoms with Gasteiger partial charge in [0.25, 0.3) is 11.8 Å². The first-order valence-electron chi connectivity index (χ1n) is 8.06. The van der Waals surface area contributed by atoms with E-state index in [0.29, 0.717) is 27.5 Å². The Morgan fingerprint density at radius 1 is 0.731 bits per heavy atom. The molecule has 2 amide bonds. The van der Waals surface area contributed by atoms with Crippen LogP contribution in [-0.2, 0) is 0 Å². The van der Waals surface area contributed by atoms with E-state index in [9.17, 15) is 9.59 Å². The molecule has 3 rings (SSSR count). The maximum absolute atomic E-state index is 12.4. The Balaban J connectivity index is 1.73. The van der Waals surface area contributed by atoms with Crippen molar-refractivity contribution in [1.82, 2.24) is 0 Å². The van der Waals surface area contributed by atoms with Crippen LogP contribution in [0.15, 0.2) is 72.8 Å². The zero-order valence-corrected chi connectivity index (χ0v) is 14.9. The summed E-state index contributed by atoms with van der Waals surface area (Å²) in [6.07, 6.45) is 0. The predicted octanol–water partition coefficient (Wildman–Crippen LogP) is 5.15. The van der Waals surface area contributed by atoms with Crippen LogP contribution in [0.3, 0.4) is 0 Å². The van der Waals surface area contributed by atoms with Crippen LogP contribution in [0.2, 0.25) is 5.02 Å². The molecule has 0 radical (unpaired) electrons. The molecule has 3 aromatic carbocycles. The van der Waals surface area contributed by atoms with Crippen molar-refractivity contribution in [3.63, 3.8) is 0 Å². The third-order valence-corrected chi connectivity index (χ3v) is 4.02. The van der Waals surface area contributed by atoms with E-state index in [2.05, 4.69) is 10.6 Å². The quantitative estimate of drug-likeness (QED) is 0.672. The lowest BCUT2D eigenvalue weighted by atomic mass is 10.1. The summed E-state index contributed by atoms with van der Waals surface area (Å²) in [7, 11) is 0. The first-order chi connectivity index (χ1) is 12.5. The van der Waals surface area contributed by atoms with E-state index < -0.39 is 0 Å². The highest BCUT2D eigenvalue weighted by atomic mass is 35.5. The molecular weight excluding hydrogens is 348 g/mol. The van der Waals surface area contributed by atoms with Crippen LogP contribution in [0.1, 0.15) is 26.3 Å². The van der Waals surface area contributed by atoms with Crippen LogP contribution < -0.4 is 10.6 Å². The lowest BCUT2D eigenvalue weighted by molar-refractivity contribution is 0.102. The van der Waals surface area contributed by atoms with Gasteiger partial charge in [0.2, 0.25) is 0 Å². The third-order valence-electron chi connectivity index (χ3n) is 3.76. The number of halogens is 1. The number of carbonyl (C=O) groups excluding carboxylic acids is 2. The second-order valence-electron chi connectivity index (χ2n) is 5.87. The molecule has 0 saturated carbocycles. The molecule has 5 heteroatoms. The fourth-order valence-corrected chi connectivity index (χ4v) is 2.59. The summed E-state index contributed by atoms with van der Waals surface area (Å²) >= 11 is 5.84. The smallest absolute Gasteiger partial charge is 0.255 e. The van der Waals surface area contributed by atoms with Gasteiger partial charge in [-0.1, -0.05) is 29.8 Å². The van der Waals surface area contributed by atoms with Gasteiger partial charge in [0, 0.05) is 27.5 Å². The highest BCUT2D eigenvalue weighted by Crippen LogP contribution is 2.16. The molecule has 0 heterocycles. The minimum Gasteiger partial charge on any atom is -0.322 e. The summed E-state index contributed by atoms with van der Waals surface area (Å²) in [5.41, 5.74) is 3.21. The number of hydrogen-bond donors (Lipinski definition) is 2. The van der Waals surface area contributed by atoms with E-state index in [1.54, 1.807) is 48.5 Å². The lowest BCUT2D eigenvalue weighted by Crippen LogP contribution is -2.15. The number of aryl methyl sites for hydroxylation is 1. The van der Waals surface area contributed by atoms with Gasteiger partial charge in [-0.15, -0.1) is 0 Å². The van der Waals surface area contributed by atoms with Crippen LogP contribution in [0.4, 0.5) is 11.4 Å². The van der Waals surface area contributed by atoms with Gasteiger partial charge in [0.1, 0.15) is 0 Å². The Morgan fingerprint density at radius 3 is 1.92 bits per heavy atom. The van der Waals surface area contributed by atoms with Crippen molar-refractivity contribution >= 4 is 34.8 Å². The Morgan fingerprint density at radius 2 is 1.31 bits per heavy atom. The maximum atomic E-state index is 12.4. The molecular formula is C21H17ClN2O2. The van der Waals surface area contributed by atoms with Crippen LogP contribution in [0.5, 0.6) is 0 Å². The second-order valence-corrected chi connectivity index (χ2v) is 6.30. The molecule has 0 bridgehead atoms. The van der Waals surface area contributed by atoms with E-state index in [4.69, 9.17) is 11.6 Å². The Kier molecular flexibility index (Phi) is 5.34. The zero-order chi connectivity index (χ0) is 18.5. The molecule has 0 fully saturated rings. The molecule has 26 heavy (non-hydrogen) atoms. The predicted molar refractivity (Wildman–Crippen MR) is 105 cm³/mol. The molecule has 130 valence electrons. The van der Waals surface area contributed by atoms with Crippen molar-refractivity contribution in [2.24, 2.45) is 0 Å². The molecule has 0 atom stereocenters. The van der Waals surface area contributed by atoms with Gasteiger partial charge >= 0.3 is 0 Å². The number of rotatable bonds is 4. The van der Waals surface area contributed by atoms with Crippen LogP contribution in [0.25, 0.3) is 0 Å². The second kappa shape index (κ2) is 7.85. The van der Waals surface area contributed by atoms with Crippen molar-refractivity contribution < 1.29 is 9.59 Å². The Bertz CT molecular complexity index is 952. The summed E-state index contributed by atoms with van der Waals surface area (Å²) in [5, 5.41) is 6.21. The molecule has 2 N–H and O–H groups in total. The number of carbonyl (C=O) groups is 2. The Labute approximate surface area is 156 Å². The van der Waals surface area contributed by atoms with Crippen molar-refractivity contribution in [2.75, 3.05) is 10.6 Å². The van der Waals surface area contributed by atoms with E-state index in [1.807, 2.05) is 31.2 Å². The molecule has 0 saturated heterocycles. The summed E-state index contributed by atoms with van der Waals surface area (Å²) in [6.45, 7) is 1.96. The van der Waals surface area contributed by atoms with Gasteiger partial charge < -0.3 is 10.6 Å². The molecule has 0 aliphatic rings. The van der Waals surface area contributed by atoms with Crippen LogP contribution in [-0.4, -0.2) is 11.8 Å². The average Bonchev–Trinajstić information content (AvgIpc) is 2.64. The van der Waals surface area contributed by atoms with E-state index in [-0.39, 0.29) is 11.8 Å². The van der Waals surface area contributed by atoms with Gasteiger partial charge in [-0.3, -0.25) is 9.59 Å². The molecule has 0 aromatic heterocycles. The van der Waals surface area contributed by atoms with Gasteiger partial charge in [0.05, 0.1) is 0 Å². The molecule has 0 unspecified atom stereocenters. The van der Waals surface area contributed by atoms with Gasteiger partial charge in [-0.05, 0) is 67.1 Å². The monoisotopic (exact) mass is 364 g/mol. The van der Waals surface area contributed by atoms with Crippen LogP contribution >= 0.6 is 11.6 Å². The van der Waals surface area contributed by atoms with Crippen molar-refractivity contribution in [3.05, 3.63) is 94.5 Å². The van der Waals surface area contributed by atoms with Crippen LogP contribution in [0, 0.1) is 6.92 Å². The molecule has 0 aliphatic heterocycles. The third kappa shape index (κ3) is 4.49. The van der Waals surface area contributed by atoms with Crippen molar-refractivity contribution in [2.45, 2.75) is 6.92 Å². The number of amides is 2. The van der Waals surface area contributed by atoms with Crippen molar-refractivity contribution in [1.29, 1.82) is 0 Å². The van der Waals surface area contributed by atoms with Gasteiger partial charge in [-0.2, -0.15) is 0 Å².